The van der Waals surface area contributed by atoms with Crippen LogP contribution in [0.3, 0.4) is 0 Å². The van der Waals surface area contributed by atoms with Crippen molar-refractivity contribution in [2.45, 2.75) is 37.9 Å². The first-order valence-electron chi connectivity index (χ1n) is 8.80. The van der Waals surface area contributed by atoms with Gasteiger partial charge in [-0.1, -0.05) is 0 Å². The number of H-pyrrole nitrogens is 1. The quantitative estimate of drug-likeness (QED) is 0.590. The lowest BCUT2D eigenvalue weighted by Gasteiger charge is -2.34. The molecule has 3 aromatic rings. The summed E-state index contributed by atoms with van der Waals surface area (Å²) >= 11 is 0. The zero-order valence-corrected chi connectivity index (χ0v) is 14.9. The first kappa shape index (κ1) is 18.2. The van der Waals surface area contributed by atoms with Crippen molar-refractivity contribution in [2.24, 2.45) is 0 Å². The monoisotopic (exact) mass is 393 g/mol. The van der Waals surface area contributed by atoms with Gasteiger partial charge in [-0.15, -0.1) is 0 Å². The first-order chi connectivity index (χ1) is 13.5. The number of nitrogens with one attached hydrogen (secondary N) is 3. The Hall–Kier alpha value is -3.18. The summed E-state index contributed by atoms with van der Waals surface area (Å²) in [6.07, 6.45) is 2.92. The molecule has 0 unspecified atom stereocenters. The first-order valence-corrected chi connectivity index (χ1v) is 8.80. The van der Waals surface area contributed by atoms with Gasteiger partial charge in [-0.05, 0) is 25.7 Å². The summed E-state index contributed by atoms with van der Waals surface area (Å²) in [5, 5.41) is 20.7. The van der Waals surface area contributed by atoms with E-state index in [1.807, 2.05) is 0 Å². The van der Waals surface area contributed by atoms with Crippen LogP contribution in [0.15, 0.2) is 24.8 Å². The molecule has 0 amide bonds. The fourth-order valence-corrected chi connectivity index (χ4v) is 3.21. The smallest absolute Gasteiger partial charge is 0.370 e. The molecule has 1 aliphatic carbocycles. The van der Waals surface area contributed by atoms with Gasteiger partial charge in [0.25, 0.3) is 0 Å². The standard InChI is InChI=1S/C16H18F3N9/c1-2-20-14-12(16(17,18)19)8-21-15(26-14)25-13-11(7-22-27-13)9-5-10(6-9)28-23-3-4-24-28/h3-4,7-10H,2,5-6H2,1H3,(H3,20,21,22,25,26,27). The number of rotatable bonds is 6. The van der Waals surface area contributed by atoms with Gasteiger partial charge < -0.3 is 10.6 Å². The lowest BCUT2D eigenvalue weighted by molar-refractivity contribution is -0.137. The number of nitrogens with zero attached hydrogens (tertiary/aromatic N) is 6. The third kappa shape index (κ3) is 3.49. The average molecular weight is 393 g/mol. The van der Waals surface area contributed by atoms with Crippen LogP contribution in [0, 0.1) is 0 Å². The summed E-state index contributed by atoms with van der Waals surface area (Å²) in [7, 11) is 0. The molecule has 0 aromatic carbocycles. The van der Waals surface area contributed by atoms with Gasteiger partial charge in [0.2, 0.25) is 5.95 Å². The van der Waals surface area contributed by atoms with E-state index in [2.05, 4.69) is 41.0 Å². The highest BCUT2D eigenvalue weighted by molar-refractivity contribution is 5.57. The zero-order chi connectivity index (χ0) is 19.7. The molecule has 1 fully saturated rings. The van der Waals surface area contributed by atoms with Crippen molar-refractivity contribution >= 4 is 17.6 Å². The number of anilines is 3. The van der Waals surface area contributed by atoms with E-state index in [0.29, 0.717) is 12.4 Å². The van der Waals surface area contributed by atoms with Gasteiger partial charge in [-0.3, -0.25) is 5.10 Å². The van der Waals surface area contributed by atoms with Crippen molar-refractivity contribution < 1.29 is 13.2 Å². The second-order valence-electron chi connectivity index (χ2n) is 6.48. The van der Waals surface area contributed by atoms with Crippen molar-refractivity contribution in [2.75, 3.05) is 17.2 Å². The predicted molar refractivity (Wildman–Crippen MR) is 94.1 cm³/mol. The summed E-state index contributed by atoms with van der Waals surface area (Å²) in [4.78, 5) is 9.47. The SMILES string of the molecule is CCNc1nc(Nc2[nH]ncc2C2CC(n3nccn3)C2)ncc1C(F)(F)F. The van der Waals surface area contributed by atoms with Gasteiger partial charge in [-0.25, -0.2) is 4.98 Å². The van der Waals surface area contributed by atoms with E-state index in [1.165, 1.54) is 0 Å². The maximum absolute atomic E-state index is 13.1. The molecule has 0 radical (unpaired) electrons. The maximum Gasteiger partial charge on any atom is 0.421 e. The van der Waals surface area contributed by atoms with E-state index >= 15 is 0 Å². The van der Waals surface area contributed by atoms with E-state index < -0.39 is 11.7 Å². The maximum atomic E-state index is 13.1. The van der Waals surface area contributed by atoms with Crippen LogP contribution < -0.4 is 10.6 Å². The molecule has 148 valence electrons. The summed E-state index contributed by atoms with van der Waals surface area (Å²) in [6, 6.07) is 0.227. The van der Waals surface area contributed by atoms with Crippen molar-refractivity contribution in [1.29, 1.82) is 0 Å². The Morgan fingerprint density at radius 3 is 2.64 bits per heavy atom. The molecular formula is C16H18F3N9. The Kier molecular flexibility index (Phi) is 4.61. The van der Waals surface area contributed by atoms with Gasteiger partial charge in [0.1, 0.15) is 17.2 Å². The molecule has 0 bridgehead atoms. The van der Waals surface area contributed by atoms with E-state index in [9.17, 15) is 13.2 Å². The predicted octanol–water partition coefficient (Wildman–Crippen LogP) is 3.10. The number of halogens is 3. The van der Waals surface area contributed by atoms with Gasteiger partial charge in [0.05, 0.1) is 24.6 Å². The Morgan fingerprint density at radius 2 is 1.96 bits per heavy atom. The third-order valence-corrected chi connectivity index (χ3v) is 4.66. The number of hydrogen-bond acceptors (Lipinski definition) is 7. The highest BCUT2D eigenvalue weighted by atomic mass is 19.4. The van der Waals surface area contributed by atoms with Gasteiger partial charge in [-0.2, -0.15) is 38.2 Å². The summed E-state index contributed by atoms with van der Waals surface area (Å²) < 4.78 is 39.3. The second-order valence-corrected chi connectivity index (χ2v) is 6.48. The van der Waals surface area contributed by atoms with Gasteiger partial charge in [0.15, 0.2) is 0 Å². The molecule has 0 spiro atoms. The average Bonchev–Trinajstić information content (AvgIpc) is 3.26. The van der Waals surface area contributed by atoms with Gasteiger partial charge in [0, 0.05) is 18.3 Å². The molecular weight excluding hydrogens is 375 g/mol. The molecule has 1 saturated carbocycles. The van der Waals surface area contributed by atoms with Crippen LogP contribution in [0.2, 0.25) is 0 Å². The van der Waals surface area contributed by atoms with Crippen LogP contribution in [0.25, 0.3) is 0 Å². The number of aromatic nitrogens is 7. The molecule has 3 aromatic heterocycles. The largest absolute Gasteiger partial charge is 0.421 e. The molecule has 1 aliphatic rings. The number of alkyl halides is 3. The Morgan fingerprint density at radius 1 is 1.21 bits per heavy atom. The molecule has 0 saturated heterocycles. The fourth-order valence-electron chi connectivity index (χ4n) is 3.21. The number of hydrogen-bond donors (Lipinski definition) is 3. The van der Waals surface area contributed by atoms with Crippen molar-refractivity contribution in [3.8, 4) is 0 Å². The van der Waals surface area contributed by atoms with Crippen LogP contribution in [0.4, 0.5) is 30.8 Å². The molecule has 3 heterocycles. The van der Waals surface area contributed by atoms with Crippen LogP contribution in [0.1, 0.15) is 42.9 Å². The fraction of sp³-hybridized carbons (Fsp3) is 0.438. The van der Waals surface area contributed by atoms with E-state index in [4.69, 9.17) is 0 Å². The minimum Gasteiger partial charge on any atom is -0.370 e. The topological polar surface area (TPSA) is 109 Å². The molecule has 9 nitrogen and oxygen atoms in total. The highest BCUT2D eigenvalue weighted by Crippen LogP contribution is 2.46. The molecule has 4 rings (SSSR count). The zero-order valence-electron chi connectivity index (χ0n) is 14.9. The van der Waals surface area contributed by atoms with E-state index in [1.54, 1.807) is 30.3 Å². The lowest BCUT2D eigenvalue weighted by atomic mass is 9.77. The molecule has 0 atom stereocenters. The van der Waals surface area contributed by atoms with Crippen molar-refractivity contribution in [1.82, 2.24) is 35.2 Å². The van der Waals surface area contributed by atoms with Crippen LogP contribution in [0.5, 0.6) is 0 Å². The Bertz CT molecular complexity index is 929. The van der Waals surface area contributed by atoms with Crippen LogP contribution in [-0.2, 0) is 6.18 Å². The summed E-state index contributed by atoms with van der Waals surface area (Å²) in [6.45, 7) is 2.00. The van der Waals surface area contributed by atoms with Crippen LogP contribution >= 0.6 is 0 Å². The molecule has 28 heavy (non-hydrogen) atoms. The minimum atomic E-state index is -4.53. The Balaban J connectivity index is 1.50. The minimum absolute atomic E-state index is 0.0547. The molecule has 12 heteroatoms. The molecule has 3 N–H and O–H groups in total. The highest BCUT2D eigenvalue weighted by Gasteiger charge is 2.36. The molecule has 0 aliphatic heterocycles. The number of aromatic amines is 1. The Labute approximate surface area is 157 Å². The normalized spacial score (nSPS) is 19.3. The van der Waals surface area contributed by atoms with E-state index in [0.717, 1.165) is 24.6 Å². The second kappa shape index (κ2) is 7.09. The third-order valence-electron chi connectivity index (χ3n) is 4.66. The van der Waals surface area contributed by atoms with Crippen molar-refractivity contribution in [3.63, 3.8) is 0 Å². The van der Waals surface area contributed by atoms with E-state index in [-0.39, 0.29) is 23.7 Å². The van der Waals surface area contributed by atoms with Crippen molar-refractivity contribution in [3.05, 3.63) is 35.9 Å². The summed E-state index contributed by atoms with van der Waals surface area (Å²) in [5.41, 5.74) is 0.0233. The summed E-state index contributed by atoms with van der Waals surface area (Å²) in [5.74, 6) is 0.597. The van der Waals surface area contributed by atoms with Crippen LogP contribution in [-0.4, -0.2) is 41.7 Å². The lowest BCUT2D eigenvalue weighted by Crippen LogP contribution is -2.27. The van der Waals surface area contributed by atoms with Gasteiger partial charge >= 0.3 is 6.18 Å².